The van der Waals surface area contributed by atoms with Gasteiger partial charge in [0.15, 0.2) is 0 Å². The topological polar surface area (TPSA) is 12.4 Å². The minimum absolute atomic E-state index is 0.210. The summed E-state index contributed by atoms with van der Waals surface area (Å²) in [6.07, 6.45) is 1.93. The van der Waals surface area contributed by atoms with E-state index in [2.05, 4.69) is 36.2 Å². The van der Waals surface area contributed by atoms with Crippen LogP contribution in [0.3, 0.4) is 0 Å². The van der Waals surface area contributed by atoms with Gasteiger partial charge in [-0.3, -0.25) is 4.99 Å². The van der Waals surface area contributed by atoms with Crippen LogP contribution in [0.25, 0.3) is 0 Å². The highest BCUT2D eigenvalue weighted by molar-refractivity contribution is 5.79. The van der Waals surface area contributed by atoms with E-state index in [0.29, 0.717) is 0 Å². The second-order valence-corrected chi connectivity index (χ2v) is 3.78. The van der Waals surface area contributed by atoms with Crippen LogP contribution in [-0.2, 0) is 0 Å². The number of rotatable bonds is 3. The maximum Gasteiger partial charge on any atom is 0.0721 e. The molecular formula is C15H15N. The molecule has 0 amide bonds. The molecule has 0 aromatic heterocycles. The highest BCUT2D eigenvalue weighted by atomic mass is 14.8. The average molecular weight is 209 g/mol. The molecule has 1 atom stereocenters. The molecule has 0 heterocycles. The number of nitrogens with zero attached hydrogens (tertiary/aromatic N) is 1. The molecule has 0 aliphatic rings. The molecular weight excluding hydrogens is 194 g/mol. The fourth-order valence-electron chi connectivity index (χ4n) is 1.55. The summed E-state index contributed by atoms with van der Waals surface area (Å²) in [6, 6.07) is 20.7. The summed E-state index contributed by atoms with van der Waals surface area (Å²) in [5.74, 6) is 0. The lowest BCUT2D eigenvalue weighted by Crippen LogP contribution is -1.90. The first-order chi connectivity index (χ1) is 7.86. The van der Waals surface area contributed by atoms with E-state index in [1.165, 1.54) is 5.56 Å². The van der Waals surface area contributed by atoms with Crippen LogP contribution in [0.5, 0.6) is 0 Å². The van der Waals surface area contributed by atoms with Crippen molar-refractivity contribution < 1.29 is 0 Å². The minimum Gasteiger partial charge on any atom is -0.285 e. The summed E-state index contributed by atoms with van der Waals surface area (Å²) in [5.41, 5.74) is 2.39. The van der Waals surface area contributed by atoms with E-state index in [-0.39, 0.29) is 6.04 Å². The molecule has 0 N–H and O–H groups in total. The van der Waals surface area contributed by atoms with E-state index < -0.39 is 0 Å². The standard InChI is InChI=1S/C15H15N/c1-13(15-10-6-3-7-11-15)16-12-14-8-4-2-5-9-14/h2-13H,1H3/b16-12+. The first kappa shape index (κ1) is 10.6. The van der Waals surface area contributed by atoms with Gasteiger partial charge in [0.2, 0.25) is 0 Å². The molecule has 2 aromatic carbocycles. The van der Waals surface area contributed by atoms with Crippen LogP contribution in [-0.4, -0.2) is 6.21 Å². The molecule has 0 aliphatic carbocycles. The Balaban J connectivity index is 2.08. The van der Waals surface area contributed by atoms with Crippen molar-refractivity contribution in [2.75, 3.05) is 0 Å². The predicted octanol–water partition coefficient (Wildman–Crippen LogP) is 3.87. The summed E-state index contributed by atoms with van der Waals surface area (Å²) < 4.78 is 0. The molecule has 0 radical (unpaired) electrons. The summed E-state index contributed by atoms with van der Waals surface area (Å²) in [5, 5.41) is 0. The number of benzene rings is 2. The van der Waals surface area contributed by atoms with Gasteiger partial charge < -0.3 is 0 Å². The number of hydrogen-bond acceptors (Lipinski definition) is 1. The minimum atomic E-state index is 0.210. The lowest BCUT2D eigenvalue weighted by atomic mass is 10.1. The van der Waals surface area contributed by atoms with Gasteiger partial charge in [-0.25, -0.2) is 0 Å². The van der Waals surface area contributed by atoms with Crippen molar-refractivity contribution in [3.63, 3.8) is 0 Å². The lowest BCUT2D eigenvalue weighted by Gasteiger charge is -2.05. The van der Waals surface area contributed by atoms with Crippen LogP contribution in [0.15, 0.2) is 65.7 Å². The van der Waals surface area contributed by atoms with E-state index in [1.807, 2.05) is 42.6 Å². The first-order valence-electron chi connectivity index (χ1n) is 5.49. The lowest BCUT2D eigenvalue weighted by molar-refractivity contribution is 0.825. The Labute approximate surface area is 96.5 Å². The second kappa shape index (κ2) is 5.26. The molecule has 1 unspecified atom stereocenters. The van der Waals surface area contributed by atoms with Gasteiger partial charge in [-0.05, 0) is 18.1 Å². The fraction of sp³-hybridized carbons (Fsp3) is 0.133. The molecule has 1 nitrogen and oxygen atoms in total. The molecule has 0 saturated carbocycles. The highest BCUT2D eigenvalue weighted by Gasteiger charge is 1.99. The zero-order valence-corrected chi connectivity index (χ0v) is 9.38. The SMILES string of the molecule is CC(/N=C/c1ccccc1)c1ccccc1. The average Bonchev–Trinajstić information content (AvgIpc) is 2.38. The van der Waals surface area contributed by atoms with Crippen molar-refractivity contribution in [2.24, 2.45) is 4.99 Å². The third kappa shape index (κ3) is 2.80. The van der Waals surface area contributed by atoms with Crippen molar-refractivity contribution in [2.45, 2.75) is 13.0 Å². The number of hydrogen-bond donors (Lipinski definition) is 0. The number of aliphatic imine (C=N–C) groups is 1. The molecule has 0 spiro atoms. The highest BCUT2D eigenvalue weighted by Crippen LogP contribution is 2.15. The monoisotopic (exact) mass is 209 g/mol. The van der Waals surface area contributed by atoms with Gasteiger partial charge in [0.25, 0.3) is 0 Å². The molecule has 16 heavy (non-hydrogen) atoms. The first-order valence-corrected chi connectivity index (χ1v) is 5.49. The third-order valence-corrected chi connectivity index (χ3v) is 2.53. The van der Waals surface area contributed by atoms with Gasteiger partial charge in [-0.2, -0.15) is 0 Å². The van der Waals surface area contributed by atoms with Gasteiger partial charge in [-0.1, -0.05) is 60.7 Å². The van der Waals surface area contributed by atoms with Crippen molar-refractivity contribution in [3.05, 3.63) is 71.8 Å². The summed E-state index contributed by atoms with van der Waals surface area (Å²) in [6.45, 7) is 2.11. The molecule has 0 saturated heterocycles. The van der Waals surface area contributed by atoms with E-state index in [1.54, 1.807) is 0 Å². The zero-order valence-electron chi connectivity index (χ0n) is 9.38. The Morgan fingerprint density at radius 1 is 0.875 bits per heavy atom. The molecule has 2 rings (SSSR count). The van der Waals surface area contributed by atoms with Crippen LogP contribution in [0.1, 0.15) is 24.1 Å². The zero-order chi connectivity index (χ0) is 11.2. The van der Waals surface area contributed by atoms with Gasteiger partial charge in [0, 0.05) is 6.21 Å². The largest absolute Gasteiger partial charge is 0.285 e. The Morgan fingerprint density at radius 3 is 2.06 bits per heavy atom. The molecule has 2 aromatic rings. The van der Waals surface area contributed by atoms with E-state index in [0.717, 1.165) is 5.56 Å². The van der Waals surface area contributed by atoms with Crippen LogP contribution in [0.2, 0.25) is 0 Å². The van der Waals surface area contributed by atoms with Crippen LogP contribution in [0.4, 0.5) is 0 Å². The summed E-state index contributed by atoms with van der Waals surface area (Å²) >= 11 is 0. The smallest absolute Gasteiger partial charge is 0.0721 e. The van der Waals surface area contributed by atoms with Crippen molar-refractivity contribution in [1.29, 1.82) is 0 Å². The van der Waals surface area contributed by atoms with Crippen LogP contribution < -0.4 is 0 Å². The molecule has 80 valence electrons. The Morgan fingerprint density at radius 2 is 1.44 bits per heavy atom. The Kier molecular flexibility index (Phi) is 3.50. The Hall–Kier alpha value is -1.89. The van der Waals surface area contributed by atoms with E-state index >= 15 is 0 Å². The van der Waals surface area contributed by atoms with Gasteiger partial charge in [-0.15, -0.1) is 0 Å². The van der Waals surface area contributed by atoms with Gasteiger partial charge in [0.1, 0.15) is 0 Å². The normalized spacial score (nSPS) is 12.8. The van der Waals surface area contributed by atoms with Crippen LogP contribution in [0, 0.1) is 0 Å². The van der Waals surface area contributed by atoms with E-state index in [4.69, 9.17) is 0 Å². The van der Waals surface area contributed by atoms with Crippen LogP contribution >= 0.6 is 0 Å². The fourth-order valence-corrected chi connectivity index (χ4v) is 1.55. The van der Waals surface area contributed by atoms with Gasteiger partial charge in [0.05, 0.1) is 6.04 Å². The molecule has 1 heteroatoms. The van der Waals surface area contributed by atoms with Crippen molar-refractivity contribution in [1.82, 2.24) is 0 Å². The maximum absolute atomic E-state index is 4.54. The summed E-state index contributed by atoms with van der Waals surface area (Å²) in [4.78, 5) is 4.54. The van der Waals surface area contributed by atoms with Crippen molar-refractivity contribution >= 4 is 6.21 Å². The maximum atomic E-state index is 4.54. The van der Waals surface area contributed by atoms with Gasteiger partial charge >= 0.3 is 0 Å². The van der Waals surface area contributed by atoms with E-state index in [9.17, 15) is 0 Å². The quantitative estimate of drug-likeness (QED) is 0.680. The third-order valence-electron chi connectivity index (χ3n) is 2.53. The second-order valence-electron chi connectivity index (χ2n) is 3.78. The summed E-state index contributed by atoms with van der Waals surface area (Å²) in [7, 11) is 0. The molecule has 0 bridgehead atoms. The molecule has 0 fully saturated rings. The van der Waals surface area contributed by atoms with Crippen molar-refractivity contribution in [3.8, 4) is 0 Å². The molecule has 0 aliphatic heterocycles. The predicted molar refractivity (Wildman–Crippen MR) is 68.9 cm³/mol. The Bertz CT molecular complexity index is 445.